The molecule has 1 saturated carbocycles. The average Bonchev–Trinajstić information content (AvgIpc) is 2.86. The van der Waals surface area contributed by atoms with Crippen molar-refractivity contribution in [2.75, 3.05) is 0 Å². The first kappa shape index (κ1) is 20.0. The molecule has 1 fully saturated rings. The second-order valence-electron chi connectivity index (χ2n) is 8.15. The molecule has 1 atom stereocenters. The summed E-state index contributed by atoms with van der Waals surface area (Å²) < 4.78 is 0. The molecule has 1 aliphatic rings. The second-order valence-corrected chi connectivity index (χ2v) is 8.15. The number of nitrogens with one attached hydrogen (secondary N) is 2. The van der Waals surface area contributed by atoms with Gasteiger partial charge < -0.3 is 15.4 Å². The van der Waals surface area contributed by atoms with Crippen molar-refractivity contribution in [1.29, 1.82) is 0 Å². The van der Waals surface area contributed by atoms with Gasteiger partial charge in [0.15, 0.2) is 0 Å². The van der Waals surface area contributed by atoms with E-state index in [9.17, 15) is 9.59 Å². The molecule has 5 nitrogen and oxygen atoms in total. The van der Waals surface area contributed by atoms with Gasteiger partial charge >= 0.3 is 5.97 Å². The highest BCUT2D eigenvalue weighted by molar-refractivity contribution is 5.86. The van der Waals surface area contributed by atoms with Crippen LogP contribution in [0.4, 0.5) is 0 Å². The van der Waals surface area contributed by atoms with Crippen LogP contribution in [-0.4, -0.2) is 28.0 Å². The lowest BCUT2D eigenvalue weighted by Gasteiger charge is -2.37. The van der Waals surface area contributed by atoms with Gasteiger partial charge in [-0.3, -0.25) is 4.79 Å². The number of aromatic nitrogens is 1. The lowest BCUT2D eigenvalue weighted by molar-refractivity contribution is -0.141. The maximum absolute atomic E-state index is 11.1. The fraction of sp³-hybridized carbons (Fsp3) is 0.524. The highest BCUT2D eigenvalue weighted by atomic mass is 16.4. The molecule has 1 amide bonds. The van der Waals surface area contributed by atoms with E-state index in [-0.39, 0.29) is 12.3 Å². The van der Waals surface area contributed by atoms with Crippen LogP contribution in [0, 0.1) is 11.3 Å². The number of carbonyl (C=O) groups is 2. The zero-order valence-corrected chi connectivity index (χ0v) is 16.1. The molecule has 0 spiro atoms. The standard InChI is InChI=1S/C13H14N2O3.C8H16/c1-8(16)15-12(13(17)18)6-9-7-14-11-5-3-2-4-10(9)11;1-8(2,3)7-5-4-6-7/h2-5,7,12,14H,6H2,1H3,(H,15,16)(H,17,18);7H,4-6H2,1-3H3. The fourth-order valence-corrected chi connectivity index (χ4v) is 3.24. The van der Waals surface area contributed by atoms with Gasteiger partial charge in [0.25, 0.3) is 0 Å². The predicted molar refractivity (Wildman–Crippen MR) is 104 cm³/mol. The lowest BCUT2D eigenvalue weighted by atomic mass is 9.69. The monoisotopic (exact) mass is 358 g/mol. The van der Waals surface area contributed by atoms with E-state index in [1.54, 1.807) is 6.20 Å². The maximum atomic E-state index is 11.1. The van der Waals surface area contributed by atoms with Crippen LogP contribution in [0.5, 0.6) is 0 Å². The van der Waals surface area contributed by atoms with Gasteiger partial charge in [-0.2, -0.15) is 0 Å². The van der Waals surface area contributed by atoms with Crippen molar-refractivity contribution in [2.45, 2.75) is 59.4 Å². The molecule has 3 N–H and O–H groups in total. The summed E-state index contributed by atoms with van der Waals surface area (Å²) in [7, 11) is 0. The van der Waals surface area contributed by atoms with Gasteiger partial charge in [-0.1, -0.05) is 45.4 Å². The predicted octanol–water partition coefficient (Wildman–Crippen LogP) is 4.13. The Morgan fingerprint density at radius 3 is 2.38 bits per heavy atom. The van der Waals surface area contributed by atoms with Gasteiger partial charge in [0.2, 0.25) is 5.91 Å². The summed E-state index contributed by atoms with van der Waals surface area (Å²) in [6, 6.07) is 6.75. The molecule has 3 rings (SSSR count). The fourth-order valence-electron chi connectivity index (χ4n) is 3.24. The van der Waals surface area contributed by atoms with Crippen LogP contribution < -0.4 is 5.32 Å². The van der Waals surface area contributed by atoms with E-state index in [1.165, 1.54) is 26.2 Å². The smallest absolute Gasteiger partial charge is 0.326 e. The van der Waals surface area contributed by atoms with E-state index in [0.29, 0.717) is 5.41 Å². The van der Waals surface area contributed by atoms with Gasteiger partial charge in [-0.15, -0.1) is 0 Å². The van der Waals surface area contributed by atoms with Crippen LogP contribution in [0.2, 0.25) is 0 Å². The number of hydrogen-bond donors (Lipinski definition) is 3. The summed E-state index contributed by atoms with van der Waals surface area (Å²) in [6.07, 6.45) is 6.47. The van der Waals surface area contributed by atoms with E-state index in [4.69, 9.17) is 5.11 Å². The summed E-state index contributed by atoms with van der Waals surface area (Å²) in [5.74, 6) is -0.347. The maximum Gasteiger partial charge on any atom is 0.326 e. The largest absolute Gasteiger partial charge is 0.480 e. The topological polar surface area (TPSA) is 82.2 Å². The molecule has 142 valence electrons. The number of hydrogen-bond acceptors (Lipinski definition) is 2. The first-order valence-electron chi connectivity index (χ1n) is 9.23. The van der Waals surface area contributed by atoms with E-state index >= 15 is 0 Å². The SMILES string of the molecule is CC(=O)NC(Cc1c[nH]c2ccccc12)C(=O)O.CC(C)(C)C1CCC1. The van der Waals surface area contributed by atoms with Crippen molar-refractivity contribution in [3.8, 4) is 0 Å². The average molecular weight is 358 g/mol. The van der Waals surface area contributed by atoms with Crippen LogP contribution in [-0.2, 0) is 16.0 Å². The van der Waals surface area contributed by atoms with Crippen LogP contribution >= 0.6 is 0 Å². The highest BCUT2D eigenvalue weighted by Crippen LogP contribution is 2.40. The Balaban J connectivity index is 0.000000254. The first-order chi connectivity index (χ1) is 12.2. The summed E-state index contributed by atoms with van der Waals surface area (Å²) in [5.41, 5.74) is 2.43. The molecular formula is C21H30N2O3. The number of aliphatic carboxylic acids is 1. The molecule has 2 aromatic rings. The Morgan fingerprint density at radius 2 is 1.92 bits per heavy atom. The number of benzene rings is 1. The molecule has 1 aromatic carbocycles. The van der Waals surface area contributed by atoms with Crippen molar-refractivity contribution in [3.63, 3.8) is 0 Å². The summed E-state index contributed by atoms with van der Waals surface area (Å²) >= 11 is 0. The van der Waals surface area contributed by atoms with Crippen molar-refractivity contribution in [2.24, 2.45) is 11.3 Å². The Morgan fingerprint density at radius 1 is 1.27 bits per heavy atom. The van der Waals surface area contributed by atoms with Crippen molar-refractivity contribution in [1.82, 2.24) is 10.3 Å². The van der Waals surface area contributed by atoms with Gasteiger partial charge in [0.1, 0.15) is 6.04 Å². The van der Waals surface area contributed by atoms with E-state index in [0.717, 1.165) is 22.4 Å². The normalized spacial score (nSPS) is 15.5. The van der Waals surface area contributed by atoms with Gasteiger partial charge in [-0.25, -0.2) is 4.79 Å². The number of carboxylic acids is 1. The Labute approximate surface area is 155 Å². The minimum atomic E-state index is -1.03. The quantitative estimate of drug-likeness (QED) is 0.768. The number of carboxylic acid groups (broad SMARTS) is 1. The molecule has 1 aliphatic carbocycles. The third-order valence-corrected chi connectivity index (χ3v) is 5.10. The molecule has 26 heavy (non-hydrogen) atoms. The van der Waals surface area contributed by atoms with E-state index in [1.807, 2.05) is 24.3 Å². The third-order valence-electron chi connectivity index (χ3n) is 5.10. The minimum absolute atomic E-state index is 0.263. The molecule has 0 radical (unpaired) electrons. The van der Waals surface area contributed by atoms with E-state index < -0.39 is 12.0 Å². The third kappa shape index (κ3) is 5.35. The minimum Gasteiger partial charge on any atom is -0.480 e. The van der Waals surface area contributed by atoms with E-state index in [2.05, 4.69) is 31.1 Å². The van der Waals surface area contributed by atoms with Crippen molar-refractivity contribution >= 4 is 22.8 Å². The number of fused-ring (bicyclic) bond motifs is 1. The zero-order chi connectivity index (χ0) is 19.3. The summed E-state index contributed by atoms with van der Waals surface area (Å²) in [5, 5.41) is 12.5. The van der Waals surface area contributed by atoms with Crippen molar-refractivity contribution < 1.29 is 14.7 Å². The summed E-state index contributed by atoms with van der Waals surface area (Å²) in [4.78, 5) is 25.1. The molecule has 1 heterocycles. The van der Waals surface area contributed by atoms with Crippen molar-refractivity contribution in [3.05, 3.63) is 36.0 Å². The van der Waals surface area contributed by atoms with Gasteiger partial charge in [0, 0.05) is 30.4 Å². The molecule has 0 aliphatic heterocycles. The van der Waals surface area contributed by atoms with Crippen LogP contribution in [0.25, 0.3) is 10.9 Å². The number of para-hydroxylation sites is 1. The molecule has 5 heteroatoms. The highest BCUT2D eigenvalue weighted by Gasteiger charge is 2.29. The number of aromatic amines is 1. The molecule has 1 unspecified atom stereocenters. The van der Waals surface area contributed by atoms with Crippen LogP contribution in [0.1, 0.15) is 52.5 Å². The van der Waals surface area contributed by atoms with Gasteiger partial charge in [-0.05, 0) is 35.8 Å². The molecular weight excluding hydrogens is 328 g/mol. The summed E-state index contributed by atoms with van der Waals surface area (Å²) in [6.45, 7) is 8.34. The van der Waals surface area contributed by atoms with Gasteiger partial charge in [0.05, 0.1) is 0 Å². The number of rotatable bonds is 4. The van der Waals surface area contributed by atoms with Crippen LogP contribution in [0.15, 0.2) is 30.5 Å². The first-order valence-corrected chi connectivity index (χ1v) is 9.23. The lowest BCUT2D eigenvalue weighted by Crippen LogP contribution is -2.41. The Hall–Kier alpha value is -2.30. The Bertz CT molecular complexity index is 754. The Kier molecular flexibility index (Phi) is 6.46. The second kappa shape index (κ2) is 8.39. The number of H-pyrrole nitrogens is 1. The molecule has 1 aromatic heterocycles. The van der Waals surface area contributed by atoms with Crippen LogP contribution in [0.3, 0.4) is 0 Å². The zero-order valence-electron chi connectivity index (χ0n) is 16.1. The number of carbonyl (C=O) groups excluding carboxylic acids is 1. The molecule has 0 bridgehead atoms. The number of amides is 1. The molecule has 0 saturated heterocycles.